The molecular weight excluding hydrogens is 685 g/mol. The third-order valence-electron chi connectivity index (χ3n) is 10.1. The molecule has 0 spiro atoms. The highest BCUT2D eigenvalue weighted by atomic mass is 16.3. The van der Waals surface area contributed by atoms with Crippen LogP contribution in [0.4, 0.5) is 0 Å². The van der Waals surface area contributed by atoms with Gasteiger partial charge in [0.1, 0.15) is 11.2 Å². The van der Waals surface area contributed by atoms with Gasteiger partial charge in [-0.15, -0.1) is 0 Å². The van der Waals surface area contributed by atoms with Crippen LogP contribution in [-0.2, 0) is 0 Å². The maximum Gasteiger partial charge on any atom is 0.166 e. The molecular formula is C51H32N4O. The highest BCUT2D eigenvalue weighted by Gasteiger charge is 2.22. The molecule has 0 saturated heterocycles. The fourth-order valence-corrected chi connectivity index (χ4v) is 7.56. The van der Waals surface area contributed by atoms with Crippen LogP contribution in [0.25, 0.3) is 106 Å². The molecule has 8 aromatic carbocycles. The number of hydrogen-bond acceptors (Lipinski definition) is 4. The van der Waals surface area contributed by atoms with Gasteiger partial charge in [0.2, 0.25) is 0 Å². The Labute approximate surface area is 334 Å². The molecule has 0 atom stereocenters. The van der Waals surface area contributed by atoms with E-state index in [2.05, 4.69) is 0 Å². The van der Waals surface area contributed by atoms with Gasteiger partial charge in [0.05, 0.1) is 27.7 Å². The van der Waals surface area contributed by atoms with Gasteiger partial charge in [-0.25, -0.2) is 15.0 Å². The first-order valence-electron chi connectivity index (χ1n) is 22.1. The van der Waals surface area contributed by atoms with Crippen LogP contribution in [0.2, 0.25) is 0 Å². The predicted octanol–water partition coefficient (Wildman–Crippen LogP) is 13.2. The number of benzene rings is 8. The Balaban J connectivity index is 1.27. The van der Waals surface area contributed by atoms with Crippen molar-refractivity contribution < 1.29 is 15.4 Å². The fraction of sp³-hybridized carbons (Fsp3) is 0. The van der Waals surface area contributed by atoms with Crippen LogP contribution in [0.15, 0.2) is 198 Å². The second-order valence-corrected chi connectivity index (χ2v) is 13.4. The molecule has 0 aliphatic heterocycles. The summed E-state index contributed by atoms with van der Waals surface area (Å²) in [5.41, 5.74) is 6.92. The molecule has 0 N–H and O–H groups in total. The van der Waals surface area contributed by atoms with E-state index in [4.69, 9.17) is 27.6 Å². The number of aromatic nitrogens is 4. The van der Waals surface area contributed by atoms with Gasteiger partial charge in [-0.3, -0.25) is 0 Å². The molecule has 3 heterocycles. The minimum atomic E-state index is -0.522. The van der Waals surface area contributed by atoms with Gasteiger partial charge in [-0.1, -0.05) is 170 Å². The molecule has 0 unspecified atom stereocenters. The summed E-state index contributed by atoms with van der Waals surface area (Å²) in [5, 5.41) is 1.79. The average molecular weight is 725 g/mol. The summed E-state index contributed by atoms with van der Waals surface area (Å²) in [4.78, 5) is 15.1. The van der Waals surface area contributed by atoms with E-state index < -0.39 is 48.3 Å². The molecule has 0 saturated carbocycles. The zero-order chi connectivity index (χ0) is 44.0. The first-order chi connectivity index (χ1) is 31.1. The van der Waals surface area contributed by atoms with E-state index in [9.17, 15) is 2.74 Å². The molecule has 11 aromatic rings. The summed E-state index contributed by atoms with van der Waals surface area (Å²) in [6.45, 7) is 0. The van der Waals surface area contributed by atoms with Crippen LogP contribution in [0.5, 0.6) is 0 Å². The number of hydrogen-bond donors (Lipinski definition) is 0. The van der Waals surface area contributed by atoms with Crippen LogP contribution in [0.3, 0.4) is 0 Å². The van der Waals surface area contributed by atoms with E-state index in [-0.39, 0.29) is 27.6 Å². The van der Waals surface area contributed by atoms with Crippen LogP contribution in [-0.4, -0.2) is 19.5 Å². The molecule has 262 valence electrons. The van der Waals surface area contributed by atoms with Gasteiger partial charge >= 0.3 is 0 Å². The van der Waals surface area contributed by atoms with Crippen molar-refractivity contribution in [1.82, 2.24) is 19.5 Å². The largest absolute Gasteiger partial charge is 0.455 e. The number of furan rings is 1. The van der Waals surface area contributed by atoms with Crippen LogP contribution < -0.4 is 0 Å². The molecule has 0 amide bonds. The first kappa shape index (κ1) is 24.6. The van der Waals surface area contributed by atoms with Crippen molar-refractivity contribution in [3.8, 4) is 62.1 Å². The molecule has 0 fully saturated rings. The molecule has 3 aromatic heterocycles. The van der Waals surface area contributed by atoms with Crippen LogP contribution in [0.1, 0.15) is 11.0 Å². The third-order valence-corrected chi connectivity index (χ3v) is 10.1. The summed E-state index contributed by atoms with van der Waals surface area (Å²) >= 11 is 0. The van der Waals surface area contributed by atoms with Gasteiger partial charge in [0, 0.05) is 49.4 Å². The van der Waals surface area contributed by atoms with Gasteiger partial charge in [-0.2, -0.15) is 0 Å². The van der Waals surface area contributed by atoms with E-state index in [1.807, 2.05) is 140 Å². The Bertz CT molecular complexity index is 3570. The third kappa shape index (κ3) is 5.21. The lowest BCUT2D eigenvalue weighted by molar-refractivity contribution is 0.671. The fourth-order valence-electron chi connectivity index (χ4n) is 7.56. The van der Waals surface area contributed by atoms with E-state index in [1.165, 1.54) is 4.57 Å². The summed E-state index contributed by atoms with van der Waals surface area (Å²) < 4.78 is 79.9. The Morgan fingerprint density at radius 2 is 0.875 bits per heavy atom. The van der Waals surface area contributed by atoms with Crippen molar-refractivity contribution in [3.05, 3.63) is 194 Å². The lowest BCUT2D eigenvalue weighted by Gasteiger charge is -2.16. The smallest absolute Gasteiger partial charge is 0.166 e. The molecule has 0 aliphatic rings. The first-order valence-corrected chi connectivity index (χ1v) is 18.1. The molecule has 0 radical (unpaired) electrons. The zero-order valence-corrected chi connectivity index (χ0v) is 29.6. The van der Waals surface area contributed by atoms with Gasteiger partial charge in [-0.05, 0) is 35.3 Å². The van der Waals surface area contributed by atoms with Crippen molar-refractivity contribution in [2.75, 3.05) is 0 Å². The molecule has 0 aliphatic carbocycles. The second-order valence-electron chi connectivity index (χ2n) is 13.4. The number of para-hydroxylation sites is 4. The highest BCUT2D eigenvalue weighted by Crippen LogP contribution is 2.42. The Morgan fingerprint density at radius 1 is 0.393 bits per heavy atom. The molecule has 0 bridgehead atoms. The lowest BCUT2D eigenvalue weighted by atomic mass is 9.98. The molecule has 56 heavy (non-hydrogen) atoms. The Kier molecular flexibility index (Phi) is 5.74. The predicted molar refractivity (Wildman–Crippen MR) is 229 cm³/mol. The van der Waals surface area contributed by atoms with E-state index in [0.29, 0.717) is 34.0 Å². The van der Waals surface area contributed by atoms with Gasteiger partial charge in [0.25, 0.3) is 0 Å². The number of fused-ring (bicyclic) bond motifs is 6. The van der Waals surface area contributed by atoms with Gasteiger partial charge < -0.3 is 8.98 Å². The average Bonchev–Trinajstić information content (AvgIpc) is 3.92. The molecule has 11 rings (SSSR count). The van der Waals surface area contributed by atoms with Crippen molar-refractivity contribution >= 4 is 43.7 Å². The zero-order valence-electron chi connectivity index (χ0n) is 37.6. The Morgan fingerprint density at radius 3 is 1.43 bits per heavy atom. The number of nitrogens with zero attached hydrogens (tertiary/aromatic N) is 4. The SMILES string of the molecule is [2H]c1c([2H])c([2H])c2c(c1[2H])c1c([2H])c([2H])c([2H])c([2H])c1n2-c1ccc(-c2cccc3c2oc2c(-c4ccccc4)cccc23)cc1-c1nc(-c2ccccc2)nc(-c2ccccc2)n1. The summed E-state index contributed by atoms with van der Waals surface area (Å²) in [5.74, 6) is 0.962. The van der Waals surface area contributed by atoms with Crippen molar-refractivity contribution in [2.45, 2.75) is 0 Å². The molecule has 5 heteroatoms. The maximum absolute atomic E-state index is 9.28. The minimum absolute atomic E-state index is 0.0181. The van der Waals surface area contributed by atoms with E-state index in [1.54, 1.807) is 6.07 Å². The lowest BCUT2D eigenvalue weighted by Crippen LogP contribution is -2.04. The topological polar surface area (TPSA) is 56.7 Å². The van der Waals surface area contributed by atoms with Crippen molar-refractivity contribution in [3.63, 3.8) is 0 Å². The monoisotopic (exact) mass is 724 g/mol. The normalized spacial score (nSPS) is 13.6. The quantitative estimate of drug-likeness (QED) is 0.171. The minimum Gasteiger partial charge on any atom is -0.455 e. The molecule has 5 nitrogen and oxygen atoms in total. The maximum atomic E-state index is 9.28. The number of rotatable bonds is 6. The summed E-state index contributed by atoms with van der Waals surface area (Å²) in [6, 6.07) is 42.9. The standard InChI is InChI=1S/C51H32N4O/c1-4-16-33(17-5-1)37-24-14-26-41-42-27-15-25-38(48(42)56-47(37)41)36-30-31-46(55-44-28-12-10-22-39(44)40-23-11-13-29-45(40)55)43(32-36)51-53-49(34-18-6-2-7-19-34)52-50(54-51)35-20-8-3-9-21-35/h1-32H/i10D,11D,12D,13D,22D,23D,28D,29D. The highest BCUT2D eigenvalue weighted by molar-refractivity contribution is 6.13. The van der Waals surface area contributed by atoms with Crippen molar-refractivity contribution in [2.24, 2.45) is 0 Å². The van der Waals surface area contributed by atoms with E-state index >= 15 is 0 Å². The van der Waals surface area contributed by atoms with Crippen LogP contribution in [0, 0.1) is 0 Å². The summed E-state index contributed by atoms with van der Waals surface area (Å²) in [6.07, 6.45) is 0. The Hall–Kier alpha value is -7.63. The summed E-state index contributed by atoms with van der Waals surface area (Å²) in [7, 11) is 0. The van der Waals surface area contributed by atoms with Gasteiger partial charge in [0.15, 0.2) is 17.5 Å². The van der Waals surface area contributed by atoms with Crippen LogP contribution >= 0.6 is 0 Å². The second kappa shape index (κ2) is 13.0. The van der Waals surface area contributed by atoms with Crippen molar-refractivity contribution in [1.29, 1.82) is 0 Å². The van der Waals surface area contributed by atoms with E-state index in [0.717, 1.165) is 44.2 Å².